The van der Waals surface area contributed by atoms with Crippen molar-refractivity contribution in [3.8, 4) is 0 Å². The van der Waals surface area contributed by atoms with Crippen molar-refractivity contribution in [2.75, 3.05) is 20.2 Å². The summed E-state index contributed by atoms with van der Waals surface area (Å²) in [5.74, 6) is -1.14. The minimum absolute atomic E-state index is 0.0573. The van der Waals surface area contributed by atoms with E-state index < -0.39 is 21.4 Å². The molecule has 1 saturated heterocycles. The lowest BCUT2D eigenvalue weighted by Crippen LogP contribution is -2.55. The van der Waals surface area contributed by atoms with Gasteiger partial charge in [-0.25, -0.2) is 12.4 Å². The highest BCUT2D eigenvalue weighted by Gasteiger charge is 2.53. The fraction of sp³-hybridized carbons (Fsp3) is 0.296. The highest BCUT2D eigenvalue weighted by Crippen LogP contribution is 2.44. The van der Waals surface area contributed by atoms with Crippen LogP contribution in [0.15, 0.2) is 77.8 Å². The lowest BCUT2D eigenvalue weighted by Gasteiger charge is -2.45. The molecule has 0 saturated carbocycles. The molecule has 186 valence electrons. The number of hydrogen-bond donors (Lipinski definition) is 0. The summed E-state index contributed by atoms with van der Waals surface area (Å²) in [5, 5.41) is 0.793. The monoisotopic (exact) mass is 506 g/mol. The van der Waals surface area contributed by atoms with Gasteiger partial charge in [0.2, 0.25) is 5.91 Å². The zero-order valence-corrected chi connectivity index (χ0v) is 20.6. The van der Waals surface area contributed by atoms with Gasteiger partial charge in [0.15, 0.2) is 5.78 Å². The molecule has 0 unspecified atom stereocenters. The first-order chi connectivity index (χ1) is 17.3. The molecule has 3 aromatic rings. The molecular formula is C27H26N2O6S. The number of para-hydroxylation sites is 1. The summed E-state index contributed by atoms with van der Waals surface area (Å²) in [6.07, 6.45) is 5.06. The van der Waals surface area contributed by atoms with Crippen molar-refractivity contribution >= 4 is 38.6 Å². The Morgan fingerprint density at radius 2 is 1.81 bits per heavy atom. The van der Waals surface area contributed by atoms with Crippen LogP contribution in [-0.4, -0.2) is 55.1 Å². The van der Waals surface area contributed by atoms with Gasteiger partial charge < -0.3 is 9.64 Å². The summed E-state index contributed by atoms with van der Waals surface area (Å²) >= 11 is 0. The summed E-state index contributed by atoms with van der Waals surface area (Å²) in [4.78, 5) is 39.6. The number of amides is 1. The molecule has 36 heavy (non-hydrogen) atoms. The molecule has 1 aromatic heterocycles. The Morgan fingerprint density at radius 1 is 1.08 bits per heavy atom. The Labute approximate surface area is 209 Å². The normalized spacial score (nSPS) is 22.0. The number of methoxy groups -OCH3 is 1. The van der Waals surface area contributed by atoms with Crippen molar-refractivity contribution < 1.29 is 27.5 Å². The highest BCUT2D eigenvalue weighted by molar-refractivity contribution is 7.90. The van der Waals surface area contributed by atoms with Gasteiger partial charge in [-0.05, 0) is 36.3 Å². The molecule has 9 heteroatoms. The first-order valence-electron chi connectivity index (χ1n) is 11.7. The Balaban J connectivity index is 1.42. The maximum atomic E-state index is 13.4. The van der Waals surface area contributed by atoms with Gasteiger partial charge in [-0.1, -0.05) is 42.5 Å². The zero-order valence-electron chi connectivity index (χ0n) is 19.8. The van der Waals surface area contributed by atoms with Crippen LogP contribution in [-0.2, 0) is 35.6 Å². The number of nitrogens with zero attached hydrogens (tertiary/aromatic N) is 2. The molecule has 2 heterocycles. The van der Waals surface area contributed by atoms with Gasteiger partial charge in [-0.15, -0.1) is 0 Å². The first kappa shape index (κ1) is 24.0. The molecule has 2 aromatic carbocycles. The average molecular weight is 507 g/mol. The van der Waals surface area contributed by atoms with Crippen LogP contribution in [0.2, 0.25) is 0 Å². The summed E-state index contributed by atoms with van der Waals surface area (Å²) in [5.41, 5.74) is 0.243. The number of hydrogen-bond acceptors (Lipinski definition) is 6. The Morgan fingerprint density at radius 3 is 2.56 bits per heavy atom. The van der Waals surface area contributed by atoms with E-state index in [1.807, 2.05) is 12.1 Å². The molecular weight excluding hydrogens is 480 g/mol. The lowest BCUT2D eigenvalue weighted by molar-refractivity contribution is -0.163. The number of aromatic nitrogens is 1. The zero-order chi connectivity index (χ0) is 25.5. The minimum atomic E-state index is -3.80. The van der Waals surface area contributed by atoms with Crippen LogP contribution in [0, 0.1) is 11.3 Å². The van der Waals surface area contributed by atoms with E-state index in [9.17, 15) is 22.8 Å². The standard InChI is InChI=1S/C27H26N2O6S/c1-35-26(32)27-13-11-21(30)15-20(27)18-28(25(31)16-27)14-12-19-17-29(24-10-6-5-9-23(19)24)36(33,34)22-7-3-2-4-8-22/h2-11,13,17,20H,12,14-16,18H2,1H3/t20-,27-/m1/s1. The summed E-state index contributed by atoms with van der Waals surface area (Å²) < 4.78 is 33.0. The van der Waals surface area contributed by atoms with Crippen LogP contribution in [0.25, 0.3) is 10.9 Å². The molecule has 2 aliphatic rings. The van der Waals surface area contributed by atoms with Crippen LogP contribution in [0.5, 0.6) is 0 Å². The minimum Gasteiger partial charge on any atom is -0.468 e. The molecule has 0 radical (unpaired) electrons. The van der Waals surface area contributed by atoms with E-state index in [0.29, 0.717) is 18.5 Å². The molecule has 1 aliphatic heterocycles. The SMILES string of the molecule is COC(=O)[C@@]12C=CC(=O)C[C@@H]1CN(CCc1cn(S(=O)(=O)c3ccccc3)c3ccccc13)C(=O)C2. The molecule has 0 bridgehead atoms. The Kier molecular flexibility index (Phi) is 6.04. The Hall–Kier alpha value is -3.72. The van der Waals surface area contributed by atoms with E-state index in [-0.39, 0.29) is 41.9 Å². The second-order valence-electron chi connectivity index (χ2n) is 9.28. The second kappa shape index (κ2) is 9.05. The van der Waals surface area contributed by atoms with Gasteiger partial charge in [0.05, 0.1) is 17.5 Å². The largest absolute Gasteiger partial charge is 0.468 e. The van der Waals surface area contributed by atoms with E-state index in [1.165, 1.54) is 23.2 Å². The highest BCUT2D eigenvalue weighted by atomic mass is 32.2. The van der Waals surface area contributed by atoms with Crippen molar-refractivity contribution in [2.24, 2.45) is 11.3 Å². The van der Waals surface area contributed by atoms with Gasteiger partial charge in [-0.3, -0.25) is 14.4 Å². The van der Waals surface area contributed by atoms with Gasteiger partial charge in [-0.2, -0.15) is 0 Å². The van der Waals surface area contributed by atoms with Crippen LogP contribution in [0.3, 0.4) is 0 Å². The molecule has 5 rings (SSSR count). The fourth-order valence-electron chi connectivity index (χ4n) is 5.32. The molecule has 1 fully saturated rings. The smallest absolute Gasteiger partial charge is 0.316 e. The van der Waals surface area contributed by atoms with Crippen LogP contribution < -0.4 is 0 Å². The second-order valence-corrected chi connectivity index (χ2v) is 11.1. The maximum absolute atomic E-state index is 13.4. The predicted octanol–water partition coefficient (Wildman–Crippen LogP) is 2.96. The molecule has 8 nitrogen and oxygen atoms in total. The molecule has 0 spiro atoms. The predicted molar refractivity (Wildman–Crippen MR) is 133 cm³/mol. The number of rotatable bonds is 6. The van der Waals surface area contributed by atoms with Crippen LogP contribution in [0.4, 0.5) is 0 Å². The quantitative estimate of drug-likeness (QED) is 0.477. The van der Waals surface area contributed by atoms with Crippen molar-refractivity contribution in [1.29, 1.82) is 0 Å². The van der Waals surface area contributed by atoms with Crippen molar-refractivity contribution in [2.45, 2.75) is 24.2 Å². The number of likely N-dealkylation sites (tertiary alicyclic amines) is 1. The first-order valence-corrected chi connectivity index (χ1v) is 13.2. The third kappa shape index (κ3) is 3.93. The van der Waals surface area contributed by atoms with Crippen LogP contribution >= 0.6 is 0 Å². The number of ether oxygens (including phenoxy) is 1. The maximum Gasteiger partial charge on any atom is 0.316 e. The van der Waals surface area contributed by atoms with Gasteiger partial charge in [0, 0.05) is 43.4 Å². The number of allylic oxidation sites excluding steroid dienone is 1. The molecule has 0 N–H and O–H groups in total. The van der Waals surface area contributed by atoms with Crippen molar-refractivity contribution in [3.63, 3.8) is 0 Å². The fourth-order valence-corrected chi connectivity index (χ4v) is 6.73. The van der Waals surface area contributed by atoms with E-state index in [0.717, 1.165) is 10.9 Å². The number of benzene rings is 2. The van der Waals surface area contributed by atoms with Gasteiger partial charge in [0.25, 0.3) is 10.0 Å². The summed E-state index contributed by atoms with van der Waals surface area (Å²) in [6, 6.07) is 15.5. The summed E-state index contributed by atoms with van der Waals surface area (Å²) in [7, 11) is -2.52. The van der Waals surface area contributed by atoms with Gasteiger partial charge >= 0.3 is 5.97 Å². The molecule has 2 atom stereocenters. The third-order valence-electron chi connectivity index (χ3n) is 7.26. The number of fused-ring (bicyclic) bond motifs is 2. The lowest BCUT2D eigenvalue weighted by atomic mass is 9.65. The van der Waals surface area contributed by atoms with E-state index >= 15 is 0 Å². The average Bonchev–Trinajstić information content (AvgIpc) is 3.27. The topological polar surface area (TPSA) is 103 Å². The molecule has 1 aliphatic carbocycles. The van der Waals surface area contributed by atoms with E-state index in [2.05, 4.69) is 0 Å². The summed E-state index contributed by atoms with van der Waals surface area (Å²) in [6.45, 7) is 0.592. The third-order valence-corrected chi connectivity index (χ3v) is 8.94. The number of carbonyl (C=O) groups is 3. The number of ketones is 1. The molecule has 1 amide bonds. The van der Waals surface area contributed by atoms with Crippen molar-refractivity contribution in [3.05, 3.63) is 78.5 Å². The number of piperidine rings is 1. The number of carbonyl (C=O) groups excluding carboxylic acids is 3. The van der Waals surface area contributed by atoms with E-state index in [1.54, 1.807) is 53.6 Å². The Bertz CT molecular complexity index is 1490. The number of esters is 1. The van der Waals surface area contributed by atoms with Gasteiger partial charge in [0.1, 0.15) is 5.41 Å². The van der Waals surface area contributed by atoms with Crippen molar-refractivity contribution in [1.82, 2.24) is 8.87 Å². The van der Waals surface area contributed by atoms with Crippen LogP contribution in [0.1, 0.15) is 18.4 Å². The van der Waals surface area contributed by atoms with E-state index in [4.69, 9.17) is 4.74 Å².